The Bertz CT molecular complexity index is 601. The van der Waals surface area contributed by atoms with Crippen LogP contribution in [0.25, 0.3) is 11.0 Å². The molecule has 1 fully saturated rings. The van der Waals surface area contributed by atoms with E-state index in [4.69, 9.17) is 5.73 Å². The normalized spacial score (nSPS) is 16.4. The van der Waals surface area contributed by atoms with Gasteiger partial charge < -0.3 is 10.3 Å². The fourth-order valence-electron chi connectivity index (χ4n) is 2.64. The van der Waals surface area contributed by atoms with E-state index < -0.39 is 0 Å². The van der Waals surface area contributed by atoms with Crippen LogP contribution in [0, 0.1) is 11.3 Å². The third-order valence-corrected chi connectivity index (χ3v) is 3.40. The maximum atomic E-state index is 9.20. The summed E-state index contributed by atoms with van der Waals surface area (Å²) in [5.41, 5.74) is 7.08. The minimum Gasteiger partial charge on any atom is -0.368 e. The monoisotopic (exact) mass is 227 g/mol. The molecule has 86 valence electrons. The molecule has 17 heavy (non-hydrogen) atoms. The van der Waals surface area contributed by atoms with Gasteiger partial charge in [0.2, 0.25) is 5.95 Å². The lowest BCUT2D eigenvalue weighted by atomic mass is 10.2. The molecular weight excluding hydrogens is 214 g/mol. The third-order valence-electron chi connectivity index (χ3n) is 3.40. The number of fused-ring (bicyclic) bond motifs is 1. The van der Waals surface area contributed by atoms with Gasteiger partial charge in [-0.05, 0) is 18.9 Å². The molecule has 5 heteroatoms. The van der Waals surface area contributed by atoms with E-state index in [1.54, 1.807) is 6.20 Å². The van der Waals surface area contributed by atoms with Gasteiger partial charge in [0, 0.05) is 17.6 Å². The zero-order chi connectivity index (χ0) is 11.8. The molecule has 2 aromatic rings. The van der Waals surface area contributed by atoms with Crippen LogP contribution in [0.15, 0.2) is 12.3 Å². The maximum absolute atomic E-state index is 9.20. The summed E-state index contributed by atoms with van der Waals surface area (Å²) in [5, 5.41) is 10.1. The van der Waals surface area contributed by atoms with E-state index in [1.165, 1.54) is 12.8 Å². The second kappa shape index (κ2) is 3.74. The number of nitrogens with two attached hydrogens (primary N) is 1. The molecule has 1 saturated carbocycles. The summed E-state index contributed by atoms with van der Waals surface area (Å²) in [7, 11) is 0. The molecule has 0 saturated heterocycles. The Morgan fingerprint density at radius 1 is 1.41 bits per heavy atom. The minimum absolute atomic E-state index is 0.263. The van der Waals surface area contributed by atoms with E-state index in [9.17, 15) is 5.26 Å². The Morgan fingerprint density at radius 2 is 2.18 bits per heavy atom. The number of aromatic nitrogens is 3. The fraction of sp³-hybridized carbons (Fsp3) is 0.417. The topological polar surface area (TPSA) is 80.5 Å². The zero-order valence-electron chi connectivity index (χ0n) is 9.43. The second-order valence-corrected chi connectivity index (χ2v) is 4.46. The van der Waals surface area contributed by atoms with Crippen LogP contribution in [0.4, 0.5) is 5.95 Å². The molecule has 0 bridgehead atoms. The first-order chi connectivity index (χ1) is 8.29. The Labute approximate surface area is 98.9 Å². The van der Waals surface area contributed by atoms with Crippen LogP contribution >= 0.6 is 0 Å². The van der Waals surface area contributed by atoms with Gasteiger partial charge in [-0.2, -0.15) is 10.2 Å². The van der Waals surface area contributed by atoms with Crippen LogP contribution in [0.3, 0.4) is 0 Å². The van der Waals surface area contributed by atoms with Crippen LogP contribution < -0.4 is 5.73 Å². The highest BCUT2D eigenvalue weighted by molar-refractivity contribution is 5.78. The van der Waals surface area contributed by atoms with Gasteiger partial charge >= 0.3 is 0 Å². The van der Waals surface area contributed by atoms with Gasteiger partial charge in [0.15, 0.2) is 0 Å². The standard InChI is InChI=1S/C12H13N5/c13-6-10-5-8-7-15-12(14)16-11(8)17(10)9-3-1-2-4-9/h5,7,9H,1-4H2,(H2,14,15,16). The predicted molar refractivity (Wildman–Crippen MR) is 64.2 cm³/mol. The first kappa shape index (κ1) is 10.1. The van der Waals surface area contributed by atoms with Gasteiger partial charge in [0.25, 0.3) is 0 Å². The van der Waals surface area contributed by atoms with Crippen molar-refractivity contribution in [2.45, 2.75) is 31.7 Å². The highest BCUT2D eigenvalue weighted by Gasteiger charge is 2.22. The van der Waals surface area contributed by atoms with E-state index in [0.717, 1.165) is 23.9 Å². The van der Waals surface area contributed by atoms with Crippen LogP contribution in [-0.2, 0) is 0 Å². The highest BCUT2D eigenvalue weighted by atomic mass is 15.1. The quantitative estimate of drug-likeness (QED) is 0.807. The molecule has 3 rings (SSSR count). The summed E-state index contributed by atoms with van der Waals surface area (Å²) in [6, 6.07) is 4.46. The Morgan fingerprint density at radius 3 is 2.88 bits per heavy atom. The largest absolute Gasteiger partial charge is 0.368 e. The molecule has 1 aliphatic carbocycles. The van der Waals surface area contributed by atoms with Crippen molar-refractivity contribution >= 4 is 17.0 Å². The molecule has 5 nitrogen and oxygen atoms in total. The first-order valence-corrected chi connectivity index (χ1v) is 5.83. The summed E-state index contributed by atoms with van der Waals surface area (Å²) in [5.74, 6) is 0.263. The van der Waals surface area contributed by atoms with Gasteiger partial charge in [-0.3, -0.25) is 0 Å². The van der Waals surface area contributed by atoms with Crippen LogP contribution in [0.1, 0.15) is 37.4 Å². The first-order valence-electron chi connectivity index (χ1n) is 5.83. The summed E-state index contributed by atoms with van der Waals surface area (Å²) in [4.78, 5) is 8.23. The molecule has 0 amide bonds. The molecule has 0 aromatic carbocycles. The van der Waals surface area contributed by atoms with Crippen LogP contribution in [-0.4, -0.2) is 14.5 Å². The Balaban J connectivity index is 2.25. The van der Waals surface area contributed by atoms with Gasteiger partial charge in [-0.1, -0.05) is 12.8 Å². The van der Waals surface area contributed by atoms with Gasteiger partial charge in [0.05, 0.1) is 0 Å². The lowest BCUT2D eigenvalue weighted by molar-refractivity contribution is 0.528. The van der Waals surface area contributed by atoms with E-state index in [1.807, 2.05) is 10.6 Å². The number of hydrogen-bond donors (Lipinski definition) is 1. The highest BCUT2D eigenvalue weighted by Crippen LogP contribution is 2.33. The van der Waals surface area contributed by atoms with Gasteiger partial charge in [0.1, 0.15) is 17.4 Å². The molecule has 2 N–H and O–H groups in total. The van der Waals surface area contributed by atoms with Crippen LogP contribution in [0.2, 0.25) is 0 Å². The second-order valence-electron chi connectivity index (χ2n) is 4.46. The minimum atomic E-state index is 0.263. The average Bonchev–Trinajstić information content (AvgIpc) is 2.93. The van der Waals surface area contributed by atoms with Crippen molar-refractivity contribution in [3.8, 4) is 6.07 Å². The van der Waals surface area contributed by atoms with Gasteiger partial charge in [-0.25, -0.2) is 4.98 Å². The third kappa shape index (κ3) is 1.53. The molecular formula is C12H13N5. The van der Waals surface area contributed by atoms with E-state index >= 15 is 0 Å². The molecule has 0 aliphatic heterocycles. The number of anilines is 1. The molecule has 2 aromatic heterocycles. The summed E-state index contributed by atoms with van der Waals surface area (Å²) in [6.45, 7) is 0. The van der Waals surface area contributed by atoms with Crippen molar-refractivity contribution in [3.63, 3.8) is 0 Å². The van der Waals surface area contributed by atoms with Crippen LogP contribution in [0.5, 0.6) is 0 Å². The van der Waals surface area contributed by atoms with E-state index in [0.29, 0.717) is 11.7 Å². The summed E-state index contributed by atoms with van der Waals surface area (Å²) in [6.07, 6.45) is 6.35. The number of rotatable bonds is 1. The number of nitrogen functional groups attached to an aromatic ring is 1. The average molecular weight is 227 g/mol. The van der Waals surface area contributed by atoms with Crippen molar-refractivity contribution in [2.75, 3.05) is 5.73 Å². The smallest absolute Gasteiger partial charge is 0.221 e. The summed E-state index contributed by atoms with van der Waals surface area (Å²) < 4.78 is 2.03. The molecule has 1 aliphatic rings. The van der Waals surface area contributed by atoms with E-state index in [-0.39, 0.29) is 5.95 Å². The molecule has 0 radical (unpaired) electrons. The lowest BCUT2D eigenvalue weighted by Gasteiger charge is -2.13. The van der Waals surface area contributed by atoms with Crippen molar-refractivity contribution in [3.05, 3.63) is 18.0 Å². The molecule has 0 atom stereocenters. The number of nitrogens with zero attached hydrogens (tertiary/aromatic N) is 4. The Hall–Kier alpha value is -2.09. The van der Waals surface area contributed by atoms with Crippen molar-refractivity contribution in [2.24, 2.45) is 0 Å². The van der Waals surface area contributed by atoms with E-state index in [2.05, 4.69) is 16.0 Å². The number of nitriles is 1. The van der Waals surface area contributed by atoms with Crippen molar-refractivity contribution in [1.82, 2.24) is 14.5 Å². The van der Waals surface area contributed by atoms with Crippen molar-refractivity contribution < 1.29 is 0 Å². The maximum Gasteiger partial charge on any atom is 0.221 e. The SMILES string of the molecule is N#Cc1cc2cnc(N)nc2n1C1CCCC1. The zero-order valence-corrected chi connectivity index (χ0v) is 9.43. The summed E-state index contributed by atoms with van der Waals surface area (Å²) >= 11 is 0. The van der Waals surface area contributed by atoms with Crippen molar-refractivity contribution in [1.29, 1.82) is 5.26 Å². The lowest BCUT2D eigenvalue weighted by Crippen LogP contribution is -2.08. The van der Waals surface area contributed by atoms with Gasteiger partial charge in [-0.15, -0.1) is 0 Å². The molecule has 2 heterocycles. The molecule has 0 spiro atoms. The molecule has 0 unspecified atom stereocenters. The fourth-order valence-corrected chi connectivity index (χ4v) is 2.64. The Kier molecular flexibility index (Phi) is 2.22. The predicted octanol–water partition coefficient (Wildman–Crippen LogP) is 2.00. The number of hydrogen-bond acceptors (Lipinski definition) is 4.